The summed E-state index contributed by atoms with van der Waals surface area (Å²) in [7, 11) is 0. The second kappa shape index (κ2) is 9.48. The minimum atomic E-state index is -0.456. The van der Waals surface area contributed by atoms with Crippen molar-refractivity contribution >= 4 is 23.2 Å². The molecule has 0 atom stereocenters. The van der Waals surface area contributed by atoms with Crippen LogP contribution in [0.25, 0.3) is 0 Å². The second-order valence-corrected chi connectivity index (χ2v) is 6.69. The lowest BCUT2D eigenvalue weighted by molar-refractivity contribution is 0.102. The minimum Gasteiger partial charge on any atom is -0.321 e. The van der Waals surface area contributed by atoms with E-state index < -0.39 is 5.91 Å². The lowest BCUT2D eigenvalue weighted by Gasteiger charge is -2.14. The first-order chi connectivity index (χ1) is 14.5. The van der Waals surface area contributed by atoms with Crippen molar-refractivity contribution in [1.82, 2.24) is 4.98 Å². The standard InChI is InChI=1S/C24H22N4O2/c1-3-17-8-6-9-18(4-2)22(17)28-23(29)19-11-12-26-21(14-19)24(30)27-20-10-5-7-16(13-20)15-25/h5-14H,3-4H2,1-2H3,(H,27,30)(H,28,29). The molecular weight excluding hydrogens is 376 g/mol. The molecule has 6 nitrogen and oxygen atoms in total. The Balaban J connectivity index is 1.81. The Kier molecular flexibility index (Phi) is 6.56. The zero-order valence-electron chi connectivity index (χ0n) is 16.9. The third-order valence-electron chi connectivity index (χ3n) is 4.74. The molecule has 0 saturated carbocycles. The summed E-state index contributed by atoms with van der Waals surface area (Å²) < 4.78 is 0. The highest BCUT2D eigenvalue weighted by atomic mass is 16.2. The monoisotopic (exact) mass is 398 g/mol. The third-order valence-corrected chi connectivity index (χ3v) is 4.74. The number of benzene rings is 2. The lowest BCUT2D eigenvalue weighted by Crippen LogP contribution is -2.18. The number of pyridine rings is 1. The molecule has 3 rings (SSSR count). The predicted molar refractivity (Wildman–Crippen MR) is 116 cm³/mol. The number of amides is 2. The van der Waals surface area contributed by atoms with Crippen LogP contribution < -0.4 is 10.6 Å². The summed E-state index contributed by atoms with van der Waals surface area (Å²) in [6, 6.07) is 17.6. The third kappa shape index (κ3) is 4.70. The molecular formula is C24H22N4O2. The van der Waals surface area contributed by atoms with Crippen LogP contribution in [0.4, 0.5) is 11.4 Å². The van der Waals surface area contributed by atoms with Gasteiger partial charge >= 0.3 is 0 Å². The molecule has 30 heavy (non-hydrogen) atoms. The van der Waals surface area contributed by atoms with Gasteiger partial charge in [-0.25, -0.2) is 0 Å². The quantitative estimate of drug-likeness (QED) is 0.635. The number of rotatable bonds is 6. The Hall–Kier alpha value is -3.98. The Morgan fingerprint density at radius 3 is 2.30 bits per heavy atom. The van der Waals surface area contributed by atoms with Crippen LogP contribution in [-0.4, -0.2) is 16.8 Å². The smallest absolute Gasteiger partial charge is 0.274 e. The van der Waals surface area contributed by atoms with Gasteiger partial charge in [-0.2, -0.15) is 5.26 Å². The van der Waals surface area contributed by atoms with Crippen LogP contribution in [0.3, 0.4) is 0 Å². The Bertz CT molecular complexity index is 1110. The number of nitrogens with one attached hydrogen (secondary N) is 2. The van der Waals surface area contributed by atoms with Crippen molar-refractivity contribution in [3.05, 3.63) is 88.7 Å². The van der Waals surface area contributed by atoms with Crippen molar-refractivity contribution in [1.29, 1.82) is 5.26 Å². The molecule has 1 aromatic heterocycles. The Labute approximate surface area is 175 Å². The molecule has 0 saturated heterocycles. The Morgan fingerprint density at radius 1 is 0.933 bits per heavy atom. The maximum atomic E-state index is 12.9. The number of carbonyl (C=O) groups is 2. The molecule has 1 heterocycles. The number of aryl methyl sites for hydroxylation is 2. The maximum absolute atomic E-state index is 12.9. The van der Waals surface area contributed by atoms with Crippen molar-refractivity contribution in [2.24, 2.45) is 0 Å². The highest BCUT2D eigenvalue weighted by Gasteiger charge is 2.15. The lowest BCUT2D eigenvalue weighted by atomic mass is 10.0. The van der Waals surface area contributed by atoms with Crippen molar-refractivity contribution in [2.45, 2.75) is 26.7 Å². The zero-order chi connectivity index (χ0) is 21.5. The summed E-state index contributed by atoms with van der Waals surface area (Å²) in [6.07, 6.45) is 3.03. The highest BCUT2D eigenvalue weighted by Crippen LogP contribution is 2.23. The summed E-state index contributed by atoms with van der Waals surface area (Å²) >= 11 is 0. The summed E-state index contributed by atoms with van der Waals surface area (Å²) in [5.74, 6) is -0.753. The molecule has 2 amide bonds. The largest absolute Gasteiger partial charge is 0.321 e. The van der Waals surface area contributed by atoms with Gasteiger partial charge in [0, 0.05) is 23.1 Å². The topological polar surface area (TPSA) is 94.9 Å². The van der Waals surface area contributed by atoms with Gasteiger partial charge in [-0.1, -0.05) is 38.1 Å². The molecule has 0 aliphatic rings. The van der Waals surface area contributed by atoms with E-state index >= 15 is 0 Å². The highest BCUT2D eigenvalue weighted by molar-refractivity contribution is 6.08. The van der Waals surface area contributed by atoms with Crippen molar-refractivity contribution in [2.75, 3.05) is 10.6 Å². The molecule has 0 fully saturated rings. The Morgan fingerprint density at radius 2 is 1.63 bits per heavy atom. The van der Waals surface area contributed by atoms with E-state index in [9.17, 15) is 9.59 Å². The van der Waals surface area contributed by atoms with Gasteiger partial charge in [0.1, 0.15) is 5.69 Å². The molecule has 6 heteroatoms. The van der Waals surface area contributed by atoms with Gasteiger partial charge < -0.3 is 10.6 Å². The fourth-order valence-corrected chi connectivity index (χ4v) is 3.15. The molecule has 2 aromatic carbocycles. The molecule has 0 unspecified atom stereocenters. The van der Waals surface area contributed by atoms with E-state index in [4.69, 9.17) is 5.26 Å². The summed E-state index contributed by atoms with van der Waals surface area (Å²) in [6.45, 7) is 4.08. The summed E-state index contributed by atoms with van der Waals surface area (Å²) in [5.41, 5.74) is 4.33. The molecule has 0 radical (unpaired) electrons. The first kappa shape index (κ1) is 20.7. The number of aromatic nitrogens is 1. The van der Waals surface area contributed by atoms with Crippen LogP contribution in [0.1, 0.15) is 51.4 Å². The van der Waals surface area contributed by atoms with Crippen molar-refractivity contribution in [3.8, 4) is 6.07 Å². The van der Waals surface area contributed by atoms with E-state index in [1.54, 1.807) is 30.3 Å². The fourth-order valence-electron chi connectivity index (χ4n) is 3.15. The minimum absolute atomic E-state index is 0.115. The maximum Gasteiger partial charge on any atom is 0.274 e. The number of nitrogens with zero attached hydrogens (tertiary/aromatic N) is 2. The van der Waals surface area contributed by atoms with Crippen molar-refractivity contribution in [3.63, 3.8) is 0 Å². The van der Waals surface area contributed by atoms with Crippen LogP contribution in [0.2, 0.25) is 0 Å². The molecule has 0 bridgehead atoms. The van der Waals surface area contributed by atoms with E-state index in [0.29, 0.717) is 16.8 Å². The molecule has 0 spiro atoms. The number of anilines is 2. The van der Waals surface area contributed by atoms with Gasteiger partial charge in [-0.15, -0.1) is 0 Å². The number of nitriles is 1. The number of carbonyl (C=O) groups excluding carboxylic acids is 2. The van der Waals surface area contributed by atoms with Crippen LogP contribution in [0.5, 0.6) is 0 Å². The van der Waals surface area contributed by atoms with Crippen molar-refractivity contribution < 1.29 is 9.59 Å². The molecule has 150 valence electrons. The first-order valence-electron chi connectivity index (χ1n) is 9.75. The number of hydrogen-bond donors (Lipinski definition) is 2. The van der Waals surface area contributed by atoms with E-state index in [0.717, 1.165) is 29.7 Å². The number of hydrogen-bond acceptors (Lipinski definition) is 4. The van der Waals surface area contributed by atoms with Crippen LogP contribution in [0.15, 0.2) is 60.8 Å². The molecule has 0 aliphatic heterocycles. The van der Waals surface area contributed by atoms with E-state index in [2.05, 4.69) is 15.6 Å². The summed E-state index contributed by atoms with van der Waals surface area (Å²) in [5, 5.41) is 14.7. The van der Waals surface area contributed by atoms with Gasteiger partial charge in [-0.3, -0.25) is 14.6 Å². The average Bonchev–Trinajstić information content (AvgIpc) is 2.79. The zero-order valence-corrected chi connectivity index (χ0v) is 16.9. The van der Waals surface area contributed by atoms with Crippen LogP contribution in [-0.2, 0) is 12.8 Å². The molecule has 2 N–H and O–H groups in total. The normalized spacial score (nSPS) is 10.2. The van der Waals surface area contributed by atoms with Crippen LogP contribution in [0, 0.1) is 11.3 Å². The van der Waals surface area contributed by atoms with Gasteiger partial charge in [-0.05, 0) is 54.3 Å². The van der Waals surface area contributed by atoms with Gasteiger partial charge in [0.15, 0.2) is 0 Å². The SMILES string of the molecule is CCc1cccc(CC)c1NC(=O)c1ccnc(C(=O)Nc2cccc(C#N)c2)c1. The van der Waals surface area contributed by atoms with E-state index in [1.165, 1.54) is 12.3 Å². The van der Waals surface area contributed by atoms with Crippen LogP contribution >= 0.6 is 0 Å². The average molecular weight is 398 g/mol. The molecule has 0 aliphatic carbocycles. The fraction of sp³-hybridized carbons (Fsp3) is 0.167. The van der Waals surface area contributed by atoms with Gasteiger partial charge in [0.05, 0.1) is 11.6 Å². The summed E-state index contributed by atoms with van der Waals surface area (Å²) in [4.78, 5) is 29.5. The van der Waals surface area contributed by atoms with Gasteiger partial charge in [0.25, 0.3) is 11.8 Å². The predicted octanol–water partition coefficient (Wildman–Crippen LogP) is 4.58. The second-order valence-electron chi connectivity index (χ2n) is 6.69. The number of para-hydroxylation sites is 1. The van der Waals surface area contributed by atoms with E-state index in [1.807, 2.05) is 38.1 Å². The molecule has 3 aromatic rings. The van der Waals surface area contributed by atoms with Gasteiger partial charge in [0.2, 0.25) is 0 Å². The van der Waals surface area contributed by atoms with E-state index in [-0.39, 0.29) is 11.6 Å². The first-order valence-corrected chi connectivity index (χ1v) is 9.75.